The molecular formula is C15H44O9. The summed E-state index contributed by atoms with van der Waals surface area (Å²) in [6.45, 7) is 1.23. The Balaban J connectivity index is -0.0000000963. The van der Waals surface area contributed by atoms with Gasteiger partial charge >= 0.3 is 0 Å². The van der Waals surface area contributed by atoms with Crippen LogP contribution in [0.5, 0.6) is 0 Å². The molecule has 0 aliphatic rings. The van der Waals surface area contributed by atoms with Crippen molar-refractivity contribution >= 4 is 0 Å². The Hall–Kier alpha value is -0.360. The van der Waals surface area contributed by atoms with Gasteiger partial charge in [0, 0.05) is 0 Å². The Morgan fingerprint density at radius 1 is 0.500 bits per heavy atom. The average Bonchev–Trinajstić information content (AvgIpc) is 2.39. The van der Waals surface area contributed by atoms with Crippen LogP contribution in [0.1, 0.15) is 44.6 Å². The van der Waals surface area contributed by atoms with Crippen molar-refractivity contribution in [1.29, 1.82) is 0 Å². The molecule has 0 saturated carbocycles. The van der Waals surface area contributed by atoms with Crippen LogP contribution in [-0.2, 0) is 28.9 Å². The van der Waals surface area contributed by atoms with Crippen molar-refractivity contribution in [2.75, 3.05) is 52.9 Å². The van der Waals surface area contributed by atoms with E-state index in [1.165, 1.54) is 0 Å². The highest BCUT2D eigenvalue weighted by molar-refractivity contribution is 4.55. The summed E-state index contributed by atoms with van der Waals surface area (Å²) in [6, 6.07) is 0. The Labute approximate surface area is 149 Å². The predicted molar refractivity (Wildman–Crippen MR) is 97.5 cm³/mol. The zero-order valence-corrected chi connectivity index (χ0v) is 10.0. The first-order valence-electron chi connectivity index (χ1n) is 5.41. The van der Waals surface area contributed by atoms with Gasteiger partial charge in [0.15, 0.2) is 0 Å². The van der Waals surface area contributed by atoms with Gasteiger partial charge in [-0.15, -0.1) is 0 Å². The second-order valence-corrected chi connectivity index (χ2v) is 3.14. The Kier molecular flexibility index (Phi) is 69.8. The first-order valence-corrected chi connectivity index (χ1v) is 5.41. The van der Waals surface area contributed by atoms with Crippen LogP contribution in [0.3, 0.4) is 0 Å². The van der Waals surface area contributed by atoms with Crippen LogP contribution in [0.2, 0.25) is 0 Å². The summed E-state index contributed by atoms with van der Waals surface area (Å²) in [5, 5.41) is 24.3. The molecule has 0 radical (unpaired) electrons. The molecule has 3 N–H and O–H groups in total. The fraction of sp³-hybridized carbons (Fsp3) is 1.00. The minimum atomic E-state index is -0.363. The van der Waals surface area contributed by atoms with E-state index in [1.54, 1.807) is 0 Å². The van der Waals surface area contributed by atoms with Crippen LogP contribution in [0.4, 0.5) is 0 Å². The van der Waals surface area contributed by atoms with Crippen LogP contribution in [0.25, 0.3) is 0 Å². The molecule has 0 fully saturated rings. The van der Waals surface area contributed by atoms with Crippen molar-refractivity contribution in [3.63, 3.8) is 0 Å². The minimum absolute atomic E-state index is 0. The Morgan fingerprint density at radius 2 is 0.833 bits per heavy atom. The number of hydrogen-bond acceptors (Lipinski definition) is 9. The molecular weight excluding hydrogens is 324 g/mol. The van der Waals surface area contributed by atoms with E-state index in [2.05, 4.69) is 14.7 Å². The summed E-state index contributed by atoms with van der Waals surface area (Å²) < 4.78 is 15.6. The molecule has 0 bridgehead atoms. The van der Waals surface area contributed by atoms with Gasteiger partial charge in [0.05, 0.1) is 33.0 Å². The van der Waals surface area contributed by atoms with Crippen LogP contribution >= 0.6 is 0 Å². The van der Waals surface area contributed by atoms with Crippen molar-refractivity contribution in [3.05, 3.63) is 0 Å². The third kappa shape index (κ3) is 33.3. The Bertz CT molecular complexity index is 150. The fourth-order valence-corrected chi connectivity index (χ4v) is 1.02. The van der Waals surface area contributed by atoms with Crippen molar-refractivity contribution in [2.45, 2.75) is 50.7 Å². The van der Waals surface area contributed by atoms with Gasteiger partial charge in [-0.2, -0.15) is 0 Å². The van der Waals surface area contributed by atoms with E-state index in [0.717, 1.165) is 0 Å². The SMILES string of the molecule is C.C.C.C.C.C.OOCCOCC(COCCOO)OCCOO. The molecule has 9 nitrogen and oxygen atoms in total. The topological polar surface area (TPSA) is 116 Å². The molecule has 158 valence electrons. The molecule has 0 aromatic rings. The molecule has 0 aromatic carbocycles. The van der Waals surface area contributed by atoms with Crippen molar-refractivity contribution < 1.29 is 44.6 Å². The zero-order chi connectivity index (χ0) is 13.5. The second-order valence-electron chi connectivity index (χ2n) is 3.14. The molecule has 0 aromatic heterocycles. The van der Waals surface area contributed by atoms with E-state index in [1.807, 2.05) is 0 Å². The summed E-state index contributed by atoms with van der Waals surface area (Å²) >= 11 is 0. The summed E-state index contributed by atoms with van der Waals surface area (Å²) in [6.07, 6.45) is -0.363. The molecule has 0 heterocycles. The highest BCUT2D eigenvalue weighted by atomic mass is 17.1. The lowest BCUT2D eigenvalue weighted by Crippen LogP contribution is -2.28. The van der Waals surface area contributed by atoms with Gasteiger partial charge < -0.3 is 14.2 Å². The van der Waals surface area contributed by atoms with Gasteiger partial charge in [-0.3, -0.25) is 15.8 Å². The summed E-state index contributed by atoms with van der Waals surface area (Å²) in [5.74, 6) is 0. The van der Waals surface area contributed by atoms with Gasteiger partial charge in [-0.05, 0) is 0 Å². The monoisotopic (exact) mass is 368 g/mol. The van der Waals surface area contributed by atoms with E-state index in [9.17, 15) is 0 Å². The van der Waals surface area contributed by atoms with Crippen LogP contribution in [-0.4, -0.2) is 74.7 Å². The van der Waals surface area contributed by atoms with E-state index in [-0.39, 0.29) is 104 Å². The lowest BCUT2D eigenvalue weighted by atomic mass is 10.4. The van der Waals surface area contributed by atoms with E-state index in [4.69, 9.17) is 30.0 Å². The first-order chi connectivity index (χ1) is 8.85. The maximum Gasteiger partial charge on any atom is 0.105 e. The lowest BCUT2D eigenvalue weighted by Gasteiger charge is -2.17. The largest absolute Gasteiger partial charge is 0.376 e. The number of hydrogen-bond donors (Lipinski definition) is 3. The fourth-order valence-electron chi connectivity index (χ4n) is 1.02. The van der Waals surface area contributed by atoms with Gasteiger partial charge in [0.2, 0.25) is 0 Å². The molecule has 0 rings (SSSR count). The molecule has 0 saturated heterocycles. The zero-order valence-electron chi connectivity index (χ0n) is 10.0. The average molecular weight is 369 g/mol. The van der Waals surface area contributed by atoms with E-state index < -0.39 is 0 Å². The third-order valence-corrected chi connectivity index (χ3v) is 1.77. The molecule has 0 amide bonds. The molecule has 0 aliphatic heterocycles. The van der Waals surface area contributed by atoms with Crippen LogP contribution in [0.15, 0.2) is 0 Å². The lowest BCUT2D eigenvalue weighted by molar-refractivity contribution is -0.258. The standard InChI is InChI=1S/C9H20O9.6CH4/c10-16-4-1-13-7-9(15-3-6-18-12)8-14-2-5-17-11;;;;;;/h9-12H,1-8H2;6*1H4. The van der Waals surface area contributed by atoms with Crippen molar-refractivity contribution in [3.8, 4) is 0 Å². The van der Waals surface area contributed by atoms with Gasteiger partial charge in [0.25, 0.3) is 0 Å². The van der Waals surface area contributed by atoms with Crippen LogP contribution in [0, 0.1) is 0 Å². The Morgan fingerprint density at radius 3 is 1.17 bits per heavy atom. The van der Waals surface area contributed by atoms with Crippen molar-refractivity contribution in [2.24, 2.45) is 0 Å². The van der Waals surface area contributed by atoms with Crippen molar-refractivity contribution in [1.82, 2.24) is 0 Å². The highest BCUT2D eigenvalue weighted by Gasteiger charge is 2.10. The smallest absolute Gasteiger partial charge is 0.105 e. The summed E-state index contributed by atoms with van der Waals surface area (Å²) in [5.41, 5.74) is 0. The van der Waals surface area contributed by atoms with E-state index in [0.29, 0.717) is 0 Å². The summed E-state index contributed by atoms with van der Waals surface area (Å²) in [4.78, 5) is 11.5. The molecule has 0 aliphatic carbocycles. The highest BCUT2D eigenvalue weighted by Crippen LogP contribution is 1.96. The first kappa shape index (κ1) is 43.8. The molecule has 0 atom stereocenters. The quantitative estimate of drug-likeness (QED) is 0.240. The molecule has 0 unspecified atom stereocenters. The predicted octanol–water partition coefficient (Wildman–Crippen LogP) is 3.69. The van der Waals surface area contributed by atoms with Gasteiger partial charge in [-0.1, -0.05) is 44.6 Å². The minimum Gasteiger partial charge on any atom is -0.376 e. The van der Waals surface area contributed by atoms with E-state index >= 15 is 0 Å². The third-order valence-electron chi connectivity index (χ3n) is 1.77. The maximum absolute atomic E-state index is 8.14. The van der Waals surface area contributed by atoms with Crippen LogP contribution < -0.4 is 0 Å². The van der Waals surface area contributed by atoms with Gasteiger partial charge in [-0.25, -0.2) is 14.7 Å². The maximum atomic E-state index is 8.14. The second kappa shape index (κ2) is 38.3. The normalized spacial score (nSPS) is 8.50. The number of ether oxygens (including phenoxy) is 3. The molecule has 0 spiro atoms. The molecule has 24 heavy (non-hydrogen) atoms. The van der Waals surface area contributed by atoms with Gasteiger partial charge in [0.1, 0.15) is 25.9 Å². The molecule has 9 heteroatoms. The number of rotatable bonds is 14. The summed E-state index contributed by atoms with van der Waals surface area (Å²) in [7, 11) is 0.